The summed E-state index contributed by atoms with van der Waals surface area (Å²) in [6.07, 6.45) is 0. The van der Waals surface area contributed by atoms with Crippen molar-refractivity contribution in [2.24, 2.45) is 0 Å². The van der Waals surface area contributed by atoms with Crippen LogP contribution in [0.4, 0.5) is 13.2 Å². The summed E-state index contributed by atoms with van der Waals surface area (Å²) in [5.74, 6) is -4.88. The molecule has 0 aliphatic rings. The quantitative estimate of drug-likeness (QED) is 0.496. The lowest BCUT2D eigenvalue weighted by Gasteiger charge is -2.05. The molecular formula is C9H7ClF3NO. The third-order valence-electron chi connectivity index (χ3n) is 1.74. The first kappa shape index (κ1) is 12.0. The topological polar surface area (TPSA) is 29.1 Å². The molecule has 0 atom stereocenters. The van der Waals surface area contributed by atoms with Gasteiger partial charge < -0.3 is 5.32 Å². The zero-order valence-corrected chi connectivity index (χ0v) is 8.46. The van der Waals surface area contributed by atoms with Gasteiger partial charge in [0.15, 0.2) is 17.4 Å². The van der Waals surface area contributed by atoms with E-state index >= 15 is 0 Å². The summed E-state index contributed by atoms with van der Waals surface area (Å²) in [6.45, 7) is -0.211. The van der Waals surface area contributed by atoms with E-state index in [4.69, 9.17) is 11.6 Å². The van der Waals surface area contributed by atoms with Gasteiger partial charge in [-0.05, 0) is 13.1 Å². The maximum atomic E-state index is 13.1. The second kappa shape index (κ2) is 4.63. The van der Waals surface area contributed by atoms with E-state index in [-0.39, 0.29) is 6.54 Å². The number of benzene rings is 1. The van der Waals surface area contributed by atoms with Gasteiger partial charge >= 0.3 is 0 Å². The van der Waals surface area contributed by atoms with Gasteiger partial charge in [-0.25, -0.2) is 13.2 Å². The molecule has 0 fully saturated rings. The van der Waals surface area contributed by atoms with E-state index in [0.717, 1.165) is 0 Å². The van der Waals surface area contributed by atoms with Crippen molar-refractivity contribution in [3.8, 4) is 0 Å². The molecule has 1 aromatic carbocycles. The molecule has 0 amide bonds. The second-order valence-corrected chi connectivity index (χ2v) is 3.18. The molecule has 6 heteroatoms. The zero-order chi connectivity index (χ0) is 11.6. The van der Waals surface area contributed by atoms with E-state index < -0.39 is 33.8 Å². The van der Waals surface area contributed by atoms with Gasteiger partial charge in [0.05, 0.1) is 12.1 Å². The lowest BCUT2D eigenvalue weighted by atomic mass is 10.1. The smallest absolute Gasteiger partial charge is 0.181 e. The number of likely N-dealkylation sites (N-methyl/N-ethyl adjacent to an activating group) is 1. The second-order valence-electron chi connectivity index (χ2n) is 2.80. The maximum absolute atomic E-state index is 13.1. The molecule has 0 spiro atoms. The minimum atomic E-state index is -1.55. The lowest BCUT2D eigenvalue weighted by Crippen LogP contribution is -2.20. The highest BCUT2D eigenvalue weighted by molar-refractivity contribution is 6.31. The first-order valence-corrected chi connectivity index (χ1v) is 4.37. The summed E-state index contributed by atoms with van der Waals surface area (Å²) in [5, 5.41) is 1.50. The molecule has 1 rings (SSSR count). The molecule has 15 heavy (non-hydrogen) atoms. The van der Waals surface area contributed by atoms with Crippen LogP contribution < -0.4 is 5.32 Å². The molecule has 0 unspecified atom stereocenters. The van der Waals surface area contributed by atoms with E-state index in [9.17, 15) is 18.0 Å². The molecule has 0 saturated carbocycles. The van der Waals surface area contributed by atoms with Crippen LogP contribution in [0, 0.1) is 17.5 Å². The molecule has 0 radical (unpaired) electrons. The highest BCUT2D eigenvalue weighted by Crippen LogP contribution is 2.24. The van der Waals surface area contributed by atoms with E-state index in [2.05, 4.69) is 5.32 Å². The fourth-order valence-corrected chi connectivity index (χ4v) is 1.17. The fraction of sp³-hybridized carbons (Fsp3) is 0.222. The Hall–Kier alpha value is -1.07. The molecule has 2 nitrogen and oxygen atoms in total. The Morgan fingerprint density at radius 3 is 2.53 bits per heavy atom. The van der Waals surface area contributed by atoms with Gasteiger partial charge in [0, 0.05) is 0 Å². The van der Waals surface area contributed by atoms with Crippen LogP contribution in [-0.4, -0.2) is 19.4 Å². The molecular weight excluding hydrogens is 231 g/mol. The van der Waals surface area contributed by atoms with Crippen LogP contribution >= 0.6 is 11.6 Å². The van der Waals surface area contributed by atoms with Crippen LogP contribution in [0.15, 0.2) is 6.07 Å². The first-order chi connectivity index (χ1) is 6.99. The predicted molar refractivity (Wildman–Crippen MR) is 49.6 cm³/mol. The van der Waals surface area contributed by atoms with Gasteiger partial charge in [-0.2, -0.15) is 0 Å². The van der Waals surface area contributed by atoms with Gasteiger partial charge in [-0.15, -0.1) is 0 Å². The molecule has 0 aliphatic heterocycles. The monoisotopic (exact) mass is 237 g/mol. The molecule has 82 valence electrons. The average molecular weight is 238 g/mol. The number of carbonyl (C=O) groups is 1. The Bertz CT molecular complexity index is 409. The highest BCUT2D eigenvalue weighted by Gasteiger charge is 2.21. The molecule has 0 heterocycles. The van der Waals surface area contributed by atoms with Crippen molar-refractivity contribution in [1.82, 2.24) is 5.32 Å². The van der Waals surface area contributed by atoms with Crippen LogP contribution in [0.3, 0.4) is 0 Å². The minimum absolute atomic E-state index is 0.211. The van der Waals surface area contributed by atoms with Gasteiger partial charge in [-0.1, -0.05) is 11.6 Å². The Balaban J connectivity index is 3.26. The van der Waals surface area contributed by atoms with Crippen LogP contribution in [0.25, 0.3) is 0 Å². The molecule has 0 bridgehead atoms. The maximum Gasteiger partial charge on any atom is 0.181 e. The summed E-state index contributed by atoms with van der Waals surface area (Å²) in [4.78, 5) is 11.2. The number of hydrogen-bond acceptors (Lipinski definition) is 2. The highest BCUT2D eigenvalue weighted by atomic mass is 35.5. The zero-order valence-electron chi connectivity index (χ0n) is 7.70. The SMILES string of the molecule is CNCC(=O)c1cc(F)c(Cl)c(F)c1F. The number of carbonyl (C=O) groups excluding carboxylic acids is 1. The normalized spacial score (nSPS) is 10.5. The van der Waals surface area contributed by atoms with Gasteiger partial charge in [0.1, 0.15) is 10.8 Å². The van der Waals surface area contributed by atoms with Crippen LogP contribution in [-0.2, 0) is 0 Å². The summed E-state index contributed by atoms with van der Waals surface area (Å²) in [5.41, 5.74) is -0.649. The Morgan fingerprint density at radius 2 is 2.00 bits per heavy atom. The third kappa shape index (κ3) is 2.30. The van der Waals surface area contributed by atoms with Gasteiger partial charge in [0.2, 0.25) is 0 Å². The van der Waals surface area contributed by atoms with E-state index in [1.165, 1.54) is 7.05 Å². The van der Waals surface area contributed by atoms with Crippen molar-refractivity contribution >= 4 is 17.4 Å². The summed E-state index contributed by atoms with van der Waals surface area (Å²) in [7, 11) is 1.46. The van der Waals surface area contributed by atoms with Crippen LogP contribution in [0.1, 0.15) is 10.4 Å². The van der Waals surface area contributed by atoms with E-state index in [1.807, 2.05) is 0 Å². The van der Waals surface area contributed by atoms with Crippen molar-refractivity contribution in [1.29, 1.82) is 0 Å². The fourth-order valence-electron chi connectivity index (χ4n) is 1.03. The van der Waals surface area contributed by atoms with Gasteiger partial charge in [0.25, 0.3) is 0 Å². The Kier molecular flexibility index (Phi) is 3.71. The number of hydrogen-bond donors (Lipinski definition) is 1. The summed E-state index contributed by atoms with van der Waals surface area (Å²) >= 11 is 5.12. The molecule has 0 saturated heterocycles. The predicted octanol–water partition coefficient (Wildman–Crippen LogP) is 2.16. The van der Waals surface area contributed by atoms with Gasteiger partial charge in [-0.3, -0.25) is 4.79 Å². The minimum Gasteiger partial charge on any atom is -0.313 e. The number of Topliss-reactive ketones (excluding diaryl/α,β-unsaturated/α-hetero) is 1. The standard InChI is InChI=1S/C9H7ClF3NO/c1-14-3-6(15)4-2-5(11)7(10)9(13)8(4)12/h2,14H,3H2,1H3. The van der Waals surface area contributed by atoms with E-state index in [1.54, 1.807) is 0 Å². The lowest BCUT2D eigenvalue weighted by molar-refractivity contribution is 0.0988. The molecule has 0 aliphatic carbocycles. The number of halogens is 4. The van der Waals surface area contributed by atoms with Crippen molar-refractivity contribution in [3.63, 3.8) is 0 Å². The van der Waals surface area contributed by atoms with E-state index in [0.29, 0.717) is 6.07 Å². The third-order valence-corrected chi connectivity index (χ3v) is 2.09. The van der Waals surface area contributed by atoms with Crippen molar-refractivity contribution in [2.75, 3.05) is 13.6 Å². The van der Waals surface area contributed by atoms with Crippen LogP contribution in [0.2, 0.25) is 5.02 Å². The molecule has 1 aromatic rings. The number of rotatable bonds is 3. The Labute approximate surface area is 89.0 Å². The Morgan fingerprint density at radius 1 is 1.40 bits per heavy atom. The van der Waals surface area contributed by atoms with Crippen LogP contribution in [0.5, 0.6) is 0 Å². The first-order valence-electron chi connectivity index (χ1n) is 3.99. The average Bonchev–Trinajstić information content (AvgIpc) is 2.20. The molecule has 0 aromatic heterocycles. The van der Waals surface area contributed by atoms with Crippen molar-refractivity contribution in [3.05, 3.63) is 34.1 Å². The van der Waals surface area contributed by atoms with Crippen molar-refractivity contribution < 1.29 is 18.0 Å². The molecule has 1 N–H and O–H groups in total. The number of nitrogens with one attached hydrogen (secondary N) is 1. The summed E-state index contributed by atoms with van der Waals surface area (Å²) < 4.78 is 39.0. The van der Waals surface area contributed by atoms with Crippen molar-refractivity contribution in [2.45, 2.75) is 0 Å². The summed E-state index contributed by atoms with van der Waals surface area (Å²) in [6, 6.07) is 0.584. The number of ketones is 1. The largest absolute Gasteiger partial charge is 0.313 e.